The molecule has 1 aromatic carbocycles. The zero-order chi connectivity index (χ0) is 12.6. The summed E-state index contributed by atoms with van der Waals surface area (Å²) >= 11 is 0. The van der Waals surface area contributed by atoms with Crippen molar-refractivity contribution < 1.29 is 4.79 Å². The van der Waals surface area contributed by atoms with Crippen molar-refractivity contribution in [1.82, 2.24) is 10.2 Å². The summed E-state index contributed by atoms with van der Waals surface area (Å²) in [6.45, 7) is 9.91. The lowest BCUT2D eigenvalue weighted by molar-refractivity contribution is 0.219. The molecule has 1 unspecified atom stereocenters. The first-order valence-electron chi connectivity index (χ1n) is 6.16. The monoisotopic (exact) mass is 232 g/mol. The molecule has 1 fully saturated rings. The van der Waals surface area contributed by atoms with E-state index in [9.17, 15) is 4.79 Å². The van der Waals surface area contributed by atoms with Crippen molar-refractivity contribution in [2.45, 2.75) is 33.7 Å². The van der Waals surface area contributed by atoms with Gasteiger partial charge in [0.1, 0.15) is 0 Å². The smallest absolute Gasteiger partial charge is 0.318 e. The average Bonchev–Trinajstić information content (AvgIpc) is 2.57. The summed E-state index contributed by atoms with van der Waals surface area (Å²) in [7, 11) is 0. The highest BCUT2D eigenvalue weighted by Crippen LogP contribution is 2.27. The first-order chi connectivity index (χ1) is 8.02. The van der Waals surface area contributed by atoms with Crippen molar-refractivity contribution in [2.75, 3.05) is 13.1 Å². The number of carbonyl (C=O) groups excluding carboxylic acids is 1. The molecular weight excluding hydrogens is 212 g/mol. The van der Waals surface area contributed by atoms with Crippen LogP contribution in [0.25, 0.3) is 0 Å². The van der Waals surface area contributed by atoms with E-state index in [1.54, 1.807) is 0 Å². The molecule has 92 valence electrons. The van der Waals surface area contributed by atoms with Crippen LogP contribution in [0.15, 0.2) is 12.1 Å². The molecule has 0 bridgehead atoms. The predicted octanol–water partition coefficient (Wildman–Crippen LogP) is 2.70. The van der Waals surface area contributed by atoms with E-state index in [0.717, 1.165) is 13.1 Å². The van der Waals surface area contributed by atoms with Gasteiger partial charge in [-0.2, -0.15) is 0 Å². The lowest BCUT2D eigenvalue weighted by atomic mass is 9.94. The maximum absolute atomic E-state index is 11.7. The van der Waals surface area contributed by atoms with Crippen molar-refractivity contribution in [2.24, 2.45) is 0 Å². The van der Waals surface area contributed by atoms with Crippen LogP contribution in [0.4, 0.5) is 4.79 Å². The van der Waals surface area contributed by atoms with E-state index in [-0.39, 0.29) is 12.1 Å². The molecule has 0 spiro atoms. The molecule has 1 saturated heterocycles. The van der Waals surface area contributed by atoms with Gasteiger partial charge in [0.25, 0.3) is 0 Å². The Kier molecular flexibility index (Phi) is 3.09. The van der Waals surface area contributed by atoms with Crippen LogP contribution < -0.4 is 5.32 Å². The summed E-state index contributed by atoms with van der Waals surface area (Å²) in [5, 5.41) is 3.06. The first kappa shape index (κ1) is 12.0. The SMILES string of the molecule is CCN1CC(c2c(C)cc(C)cc2C)NC1=O. The summed E-state index contributed by atoms with van der Waals surface area (Å²) in [6, 6.07) is 4.56. The lowest BCUT2D eigenvalue weighted by Gasteiger charge is -2.17. The fourth-order valence-corrected chi connectivity index (χ4v) is 2.77. The number of amides is 2. The van der Waals surface area contributed by atoms with Gasteiger partial charge in [-0.25, -0.2) is 4.79 Å². The van der Waals surface area contributed by atoms with Crippen LogP contribution in [0, 0.1) is 20.8 Å². The number of rotatable bonds is 2. The minimum Gasteiger partial charge on any atom is -0.329 e. The number of aryl methyl sites for hydroxylation is 3. The highest BCUT2D eigenvalue weighted by Gasteiger charge is 2.30. The summed E-state index contributed by atoms with van der Waals surface area (Å²) in [6.07, 6.45) is 0. The van der Waals surface area contributed by atoms with Gasteiger partial charge in [-0.1, -0.05) is 17.7 Å². The molecular formula is C14H20N2O. The average molecular weight is 232 g/mol. The molecule has 3 nitrogen and oxygen atoms in total. The molecule has 1 N–H and O–H groups in total. The Hall–Kier alpha value is -1.51. The third-order valence-corrected chi connectivity index (χ3v) is 3.46. The first-order valence-corrected chi connectivity index (χ1v) is 6.16. The Morgan fingerprint density at radius 1 is 1.29 bits per heavy atom. The van der Waals surface area contributed by atoms with Crippen LogP contribution in [-0.4, -0.2) is 24.0 Å². The number of hydrogen-bond acceptors (Lipinski definition) is 1. The second kappa shape index (κ2) is 4.40. The van der Waals surface area contributed by atoms with E-state index < -0.39 is 0 Å². The molecule has 1 aliphatic heterocycles. The highest BCUT2D eigenvalue weighted by atomic mass is 16.2. The lowest BCUT2D eigenvalue weighted by Crippen LogP contribution is -2.27. The van der Waals surface area contributed by atoms with E-state index in [0.29, 0.717) is 0 Å². The van der Waals surface area contributed by atoms with E-state index in [1.807, 2.05) is 11.8 Å². The number of nitrogens with zero attached hydrogens (tertiary/aromatic N) is 1. The van der Waals surface area contributed by atoms with Gasteiger partial charge in [0.05, 0.1) is 6.04 Å². The molecule has 0 saturated carbocycles. The summed E-state index contributed by atoms with van der Waals surface area (Å²) in [4.78, 5) is 13.5. The topological polar surface area (TPSA) is 32.3 Å². The van der Waals surface area contributed by atoms with Crippen molar-refractivity contribution in [3.63, 3.8) is 0 Å². The molecule has 17 heavy (non-hydrogen) atoms. The molecule has 2 amide bonds. The quantitative estimate of drug-likeness (QED) is 0.835. The molecule has 1 heterocycles. The summed E-state index contributed by atoms with van der Waals surface area (Å²) < 4.78 is 0. The zero-order valence-corrected chi connectivity index (χ0v) is 11.0. The van der Waals surface area contributed by atoms with Gasteiger partial charge in [0.15, 0.2) is 0 Å². The summed E-state index contributed by atoms with van der Waals surface area (Å²) in [5.41, 5.74) is 5.09. The van der Waals surface area contributed by atoms with Gasteiger partial charge >= 0.3 is 6.03 Å². The zero-order valence-electron chi connectivity index (χ0n) is 11.0. The van der Waals surface area contributed by atoms with Crippen molar-refractivity contribution >= 4 is 6.03 Å². The third-order valence-electron chi connectivity index (χ3n) is 3.46. The van der Waals surface area contributed by atoms with Gasteiger partial charge in [0.2, 0.25) is 0 Å². The van der Waals surface area contributed by atoms with Crippen LogP contribution in [0.1, 0.15) is 35.2 Å². The molecule has 1 aromatic rings. The second-order valence-electron chi connectivity index (χ2n) is 4.85. The van der Waals surface area contributed by atoms with Crippen LogP contribution in [0.2, 0.25) is 0 Å². The Bertz CT molecular complexity index is 431. The van der Waals surface area contributed by atoms with Crippen molar-refractivity contribution in [1.29, 1.82) is 0 Å². The van der Waals surface area contributed by atoms with E-state index in [4.69, 9.17) is 0 Å². The molecule has 0 aromatic heterocycles. The maximum Gasteiger partial charge on any atom is 0.318 e. The van der Waals surface area contributed by atoms with Crippen molar-refractivity contribution in [3.05, 3.63) is 34.4 Å². The van der Waals surface area contributed by atoms with Crippen LogP contribution in [-0.2, 0) is 0 Å². The Morgan fingerprint density at radius 3 is 2.35 bits per heavy atom. The second-order valence-corrected chi connectivity index (χ2v) is 4.85. The van der Waals surface area contributed by atoms with E-state index in [1.165, 1.54) is 22.3 Å². The van der Waals surface area contributed by atoms with Crippen LogP contribution in [0.3, 0.4) is 0 Å². The Labute approximate surface area is 103 Å². The molecule has 3 heteroatoms. The highest BCUT2D eigenvalue weighted by molar-refractivity contribution is 5.77. The largest absolute Gasteiger partial charge is 0.329 e. The number of hydrogen-bond donors (Lipinski definition) is 1. The van der Waals surface area contributed by atoms with Crippen LogP contribution >= 0.6 is 0 Å². The molecule has 2 rings (SSSR count). The third kappa shape index (κ3) is 2.14. The van der Waals surface area contributed by atoms with Crippen LogP contribution in [0.5, 0.6) is 0 Å². The minimum absolute atomic E-state index is 0.0527. The van der Waals surface area contributed by atoms with Gasteiger partial charge in [0, 0.05) is 13.1 Å². The van der Waals surface area contributed by atoms with Gasteiger partial charge in [-0.05, 0) is 44.4 Å². The van der Waals surface area contributed by atoms with Gasteiger partial charge in [-0.3, -0.25) is 0 Å². The van der Waals surface area contributed by atoms with E-state index >= 15 is 0 Å². The number of urea groups is 1. The van der Waals surface area contributed by atoms with Gasteiger partial charge < -0.3 is 10.2 Å². The minimum atomic E-state index is 0.0527. The van der Waals surface area contributed by atoms with Crippen molar-refractivity contribution in [3.8, 4) is 0 Å². The Morgan fingerprint density at radius 2 is 1.88 bits per heavy atom. The number of nitrogens with one attached hydrogen (secondary N) is 1. The molecule has 0 radical (unpaired) electrons. The standard InChI is InChI=1S/C14H20N2O/c1-5-16-8-12(15-14(16)17)13-10(3)6-9(2)7-11(13)4/h6-7,12H,5,8H2,1-4H3,(H,15,17). The normalized spacial score (nSPS) is 19.6. The Balaban J connectivity index is 2.33. The van der Waals surface area contributed by atoms with Gasteiger partial charge in [-0.15, -0.1) is 0 Å². The maximum atomic E-state index is 11.7. The molecule has 1 aliphatic rings. The predicted molar refractivity (Wildman–Crippen MR) is 69.2 cm³/mol. The number of benzene rings is 1. The molecule has 0 aliphatic carbocycles. The fraction of sp³-hybridized carbons (Fsp3) is 0.500. The molecule has 1 atom stereocenters. The number of carbonyl (C=O) groups is 1. The summed E-state index contributed by atoms with van der Waals surface area (Å²) in [5.74, 6) is 0. The number of likely N-dealkylation sites (N-methyl/N-ethyl adjacent to an activating group) is 1. The van der Waals surface area contributed by atoms with E-state index in [2.05, 4.69) is 38.2 Å². The fourth-order valence-electron chi connectivity index (χ4n) is 2.77.